The number of nitrogens with zero attached hydrogens (tertiary/aromatic N) is 3. The fourth-order valence-corrected chi connectivity index (χ4v) is 6.74. The van der Waals surface area contributed by atoms with Crippen LogP contribution < -0.4 is 5.32 Å². The summed E-state index contributed by atoms with van der Waals surface area (Å²) >= 11 is 0. The van der Waals surface area contributed by atoms with E-state index in [1.54, 1.807) is 6.92 Å². The Kier molecular flexibility index (Phi) is 6.25. The van der Waals surface area contributed by atoms with E-state index in [0.717, 1.165) is 91.9 Å². The Hall–Kier alpha value is -4.06. The Morgan fingerprint density at radius 2 is 1.80 bits per heavy atom. The maximum absolute atomic E-state index is 12.0. The summed E-state index contributed by atoms with van der Waals surface area (Å²) < 4.78 is 0. The molecular formula is C34H36N4O2. The second-order valence-electron chi connectivity index (χ2n) is 11.5. The van der Waals surface area contributed by atoms with E-state index in [-0.39, 0.29) is 17.6 Å². The Morgan fingerprint density at radius 1 is 1.07 bits per heavy atom. The molecule has 6 heteroatoms. The number of carbonyl (C=O) groups excluding carboxylic acids is 1. The summed E-state index contributed by atoms with van der Waals surface area (Å²) in [4.78, 5) is 27.2. The van der Waals surface area contributed by atoms with Gasteiger partial charge in [0.1, 0.15) is 11.5 Å². The molecule has 0 saturated carbocycles. The summed E-state index contributed by atoms with van der Waals surface area (Å²) in [6, 6.07) is 0. The van der Waals surface area contributed by atoms with E-state index in [1.807, 2.05) is 13.0 Å². The standard InChI is InChI=1S/C34H36N4O2/c1-8-21-17(4)25-13-27-19(6)23(11-10-16(3)39)33(37-27)24-12-31(40)32-20(7)28(38-34(24)32)15-30-22(9-2)18(5)26(36-30)14-29(21)35-25/h8,13-15,19,23,37,40H,1,9-12H2,2-7H3. The lowest BCUT2D eigenvalue weighted by atomic mass is 9.85. The number of rotatable bonds is 5. The van der Waals surface area contributed by atoms with Crippen molar-refractivity contribution in [1.29, 1.82) is 0 Å². The Labute approximate surface area is 236 Å². The minimum Gasteiger partial charge on any atom is -0.511 e. The molecule has 8 bridgehead atoms. The first-order valence-corrected chi connectivity index (χ1v) is 14.2. The third-order valence-electron chi connectivity index (χ3n) is 9.11. The molecule has 0 spiro atoms. The first-order chi connectivity index (χ1) is 19.1. The van der Waals surface area contributed by atoms with Crippen molar-refractivity contribution in [3.05, 3.63) is 104 Å². The fourth-order valence-electron chi connectivity index (χ4n) is 6.74. The van der Waals surface area contributed by atoms with Gasteiger partial charge in [0.2, 0.25) is 0 Å². The third-order valence-corrected chi connectivity index (χ3v) is 9.11. The number of carbonyl (C=O) groups is 1. The Bertz CT molecular complexity index is 1660. The third kappa shape index (κ3) is 3.92. The van der Waals surface area contributed by atoms with Gasteiger partial charge in [-0.3, -0.25) is 0 Å². The van der Waals surface area contributed by atoms with E-state index in [1.165, 1.54) is 5.57 Å². The molecule has 1 aliphatic carbocycles. The van der Waals surface area contributed by atoms with Gasteiger partial charge >= 0.3 is 0 Å². The maximum Gasteiger partial charge on any atom is 0.129 e. The van der Waals surface area contributed by atoms with E-state index in [2.05, 4.69) is 57.8 Å². The zero-order chi connectivity index (χ0) is 28.5. The van der Waals surface area contributed by atoms with Crippen LogP contribution in [0.1, 0.15) is 67.2 Å². The Balaban J connectivity index is 1.62. The van der Waals surface area contributed by atoms with Crippen molar-refractivity contribution in [1.82, 2.24) is 5.32 Å². The highest BCUT2D eigenvalue weighted by Crippen LogP contribution is 2.46. The lowest BCUT2D eigenvalue weighted by molar-refractivity contribution is -0.117. The summed E-state index contributed by atoms with van der Waals surface area (Å²) in [7, 11) is 0. The monoisotopic (exact) mass is 532 g/mol. The molecule has 2 unspecified atom stereocenters. The van der Waals surface area contributed by atoms with Gasteiger partial charge < -0.3 is 15.2 Å². The molecule has 2 atom stereocenters. The van der Waals surface area contributed by atoms with Crippen LogP contribution in [0.2, 0.25) is 0 Å². The number of aliphatic hydroxyl groups is 1. The molecule has 5 aliphatic heterocycles. The number of allylic oxidation sites excluding steroid dienone is 12. The van der Waals surface area contributed by atoms with Crippen molar-refractivity contribution in [2.75, 3.05) is 0 Å². The van der Waals surface area contributed by atoms with Gasteiger partial charge in [-0.25, -0.2) is 15.0 Å². The summed E-state index contributed by atoms with van der Waals surface area (Å²) in [6.45, 7) is 16.3. The van der Waals surface area contributed by atoms with Gasteiger partial charge in [-0.15, -0.1) is 0 Å². The second kappa shape index (κ2) is 9.54. The zero-order valence-corrected chi connectivity index (χ0v) is 24.2. The zero-order valence-electron chi connectivity index (χ0n) is 24.2. The van der Waals surface area contributed by atoms with Gasteiger partial charge in [-0.2, -0.15) is 0 Å². The van der Waals surface area contributed by atoms with Crippen molar-refractivity contribution in [2.24, 2.45) is 26.8 Å². The highest BCUT2D eigenvalue weighted by Gasteiger charge is 2.41. The van der Waals surface area contributed by atoms with Crippen molar-refractivity contribution in [3.8, 4) is 0 Å². The van der Waals surface area contributed by atoms with Crippen LogP contribution in [0.4, 0.5) is 0 Å². The first-order valence-electron chi connectivity index (χ1n) is 14.2. The number of aliphatic imine (C=N–C) groups is 3. The molecule has 0 aromatic rings. The molecular weight excluding hydrogens is 496 g/mol. The molecule has 0 aromatic heterocycles. The topological polar surface area (TPSA) is 86.4 Å². The number of fused-ring (bicyclic) bond motifs is 5. The molecule has 0 aromatic carbocycles. The fraction of sp³-hybridized carbons (Fsp3) is 0.353. The predicted octanol–water partition coefficient (Wildman–Crippen LogP) is 7.21. The number of ketones is 1. The molecule has 40 heavy (non-hydrogen) atoms. The average Bonchev–Trinajstić information content (AvgIpc) is 3.65. The second-order valence-corrected chi connectivity index (χ2v) is 11.5. The normalized spacial score (nSPS) is 25.4. The molecule has 2 N–H and O–H groups in total. The van der Waals surface area contributed by atoms with Crippen LogP contribution in [0.15, 0.2) is 119 Å². The lowest BCUT2D eigenvalue weighted by Crippen LogP contribution is -2.15. The predicted molar refractivity (Wildman–Crippen MR) is 162 cm³/mol. The highest BCUT2D eigenvalue weighted by atomic mass is 16.3. The Morgan fingerprint density at radius 3 is 2.50 bits per heavy atom. The minimum absolute atomic E-state index is 0.109. The molecule has 1 saturated heterocycles. The summed E-state index contributed by atoms with van der Waals surface area (Å²) in [5, 5.41) is 14.9. The molecule has 6 rings (SSSR count). The van der Waals surface area contributed by atoms with Crippen LogP contribution in [0.5, 0.6) is 0 Å². The first kappa shape index (κ1) is 26.2. The average molecular weight is 533 g/mol. The van der Waals surface area contributed by atoms with Gasteiger partial charge in [-0.05, 0) is 81.1 Å². The smallest absolute Gasteiger partial charge is 0.129 e. The van der Waals surface area contributed by atoms with Gasteiger partial charge in [-0.1, -0.05) is 26.5 Å². The van der Waals surface area contributed by atoms with Crippen LogP contribution in [-0.4, -0.2) is 28.0 Å². The van der Waals surface area contributed by atoms with E-state index >= 15 is 0 Å². The van der Waals surface area contributed by atoms with E-state index < -0.39 is 0 Å². The van der Waals surface area contributed by atoms with Crippen LogP contribution in [0.25, 0.3) is 0 Å². The van der Waals surface area contributed by atoms with Crippen molar-refractivity contribution in [2.45, 2.75) is 67.2 Å². The molecule has 6 nitrogen and oxygen atoms in total. The van der Waals surface area contributed by atoms with Crippen LogP contribution >= 0.6 is 0 Å². The molecule has 204 valence electrons. The van der Waals surface area contributed by atoms with Crippen LogP contribution in [0, 0.1) is 11.8 Å². The lowest BCUT2D eigenvalue weighted by Gasteiger charge is -2.17. The van der Waals surface area contributed by atoms with E-state index in [4.69, 9.17) is 15.0 Å². The van der Waals surface area contributed by atoms with Gasteiger partial charge in [0.25, 0.3) is 0 Å². The van der Waals surface area contributed by atoms with E-state index in [0.29, 0.717) is 18.6 Å². The van der Waals surface area contributed by atoms with Crippen molar-refractivity contribution < 1.29 is 9.90 Å². The summed E-state index contributed by atoms with van der Waals surface area (Å²) in [5.74, 6) is 0.790. The number of hydrogen-bond acceptors (Lipinski definition) is 6. The number of nitrogens with one attached hydrogen (secondary N) is 1. The molecule has 0 radical (unpaired) electrons. The largest absolute Gasteiger partial charge is 0.511 e. The number of aliphatic hydroxyl groups excluding tert-OH is 1. The van der Waals surface area contributed by atoms with E-state index in [9.17, 15) is 9.90 Å². The van der Waals surface area contributed by atoms with Crippen molar-refractivity contribution in [3.63, 3.8) is 0 Å². The van der Waals surface area contributed by atoms with Crippen molar-refractivity contribution >= 4 is 22.9 Å². The quantitative estimate of drug-likeness (QED) is 0.392. The minimum atomic E-state index is 0.109. The summed E-state index contributed by atoms with van der Waals surface area (Å²) in [6.07, 6.45) is 10.7. The number of hydrogen-bond donors (Lipinski definition) is 2. The summed E-state index contributed by atoms with van der Waals surface area (Å²) in [5.41, 5.74) is 14.6. The maximum atomic E-state index is 12.0. The molecule has 1 fully saturated rings. The molecule has 5 heterocycles. The number of Topliss-reactive ketones (excluding diaryl/α,β-unsaturated/α-hetero) is 1. The van der Waals surface area contributed by atoms with Gasteiger partial charge in [0.15, 0.2) is 0 Å². The van der Waals surface area contributed by atoms with Crippen LogP contribution in [0.3, 0.4) is 0 Å². The highest BCUT2D eigenvalue weighted by molar-refractivity contribution is 6.21. The van der Waals surface area contributed by atoms with Gasteiger partial charge in [0.05, 0.1) is 34.2 Å². The molecule has 0 amide bonds. The SMILES string of the molecule is C=CC1=C(C)C2=NC1=CC1=NC(=CC3=C(C)C4=C(O)CC(=C5NC(=C2)C(C)C5CCC(C)=O)C4=N3)C(CC)=C1C. The van der Waals surface area contributed by atoms with Gasteiger partial charge in [0, 0.05) is 52.8 Å². The van der Waals surface area contributed by atoms with Crippen LogP contribution in [-0.2, 0) is 4.79 Å². The molecule has 6 aliphatic rings.